The first-order chi connectivity index (χ1) is 11.5. The zero-order valence-electron chi connectivity index (χ0n) is 15.0. The molecule has 0 aromatic heterocycles. The van der Waals surface area contributed by atoms with E-state index in [1.165, 1.54) is 0 Å². The summed E-state index contributed by atoms with van der Waals surface area (Å²) in [4.78, 5) is 39.1. The monoisotopic (exact) mass is 342 g/mol. The van der Waals surface area contributed by atoms with Crippen LogP contribution >= 0.6 is 0 Å². The number of likely N-dealkylation sites (N-methyl/N-ethyl adjacent to an activating group) is 1. The molecule has 0 unspecified atom stereocenters. The first-order valence-electron chi connectivity index (χ1n) is 8.74. The summed E-state index contributed by atoms with van der Waals surface area (Å²) in [7, 11) is 0. The summed E-state index contributed by atoms with van der Waals surface area (Å²) in [5.74, 6) is -1.21. The third-order valence-corrected chi connectivity index (χ3v) is 4.17. The van der Waals surface area contributed by atoms with Crippen molar-refractivity contribution in [1.82, 2.24) is 20.4 Å². The van der Waals surface area contributed by atoms with Crippen LogP contribution in [0.15, 0.2) is 0 Å². The zero-order chi connectivity index (χ0) is 17.9. The van der Waals surface area contributed by atoms with Gasteiger partial charge in [-0.25, -0.2) is 4.79 Å². The van der Waals surface area contributed by atoms with Crippen LogP contribution in [0, 0.1) is 0 Å². The van der Waals surface area contributed by atoms with Gasteiger partial charge in [-0.15, -0.1) is 0 Å². The van der Waals surface area contributed by atoms with Gasteiger partial charge in [0, 0.05) is 32.2 Å². The maximum absolute atomic E-state index is 11.9. The van der Waals surface area contributed by atoms with Gasteiger partial charge in [-0.1, -0.05) is 13.8 Å². The van der Waals surface area contributed by atoms with Gasteiger partial charge in [0.15, 0.2) is 0 Å². The highest BCUT2D eigenvalue weighted by Crippen LogP contribution is 2.11. The van der Waals surface area contributed by atoms with E-state index in [2.05, 4.69) is 29.4 Å². The van der Waals surface area contributed by atoms with Crippen molar-refractivity contribution in [3.05, 3.63) is 0 Å². The predicted octanol–water partition coefficient (Wildman–Crippen LogP) is 0.182. The Kier molecular flexibility index (Phi) is 9.14. The fourth-order valence-electron chi connectivity index (χ4n) is 2.62. The number of hydrogen-bond acceptors (Lipinski definition) is 5. The Labute approximate surface area is 143 Å². The quantitative estimate of drug-likeness (QED) is 0.644. The van der Waals surface area contributed by atoms with E-state index >= 15 is 0 Å². The summed E-state index contributed by atoms with van der Waals surface area (Å²) in [6, 6.07) is -0.0864. The molecule has 0 atom stereocenters. The largest absolute Gasteiger partial charge is 0.450 e. The molecule has 1 rings (SSSR count). The number of hydrogen-bond donors (Lipinski definition) is 2. The molecule has 1 aliphatic rings. The number of rotatable bonds is 7. The molecule has 8 heteroatoms. The molecule has 1 saturated heterocycles. The first kappa shape index (κ1) is 20.2. The molecule has 0 aliphatic carbocycles. The van der Waals surface area contributed by atoms with Crippen molar-refractivity contribution in [2.45, 2.75) is 39.7 Å². The van der Waals surface area contributed by atoms with Crippen molar-refractivity contribution < 1.29 is 19.1 Å². The van der Waals surface area contributed by atoms with Gasteiger partial charge in [0.2, 0.25) is 0 Å². The van der Waals surface area contributed by atoms with Crippen molar-refractivity contribution in [2.75, 3.05) is 45.9 Å². The molecule has 1 aliphatic heterocycles. The fourth-order valence-corrected chi connectivity index (χ4v) is 2.62. The van der Waals surface area contributed by atoms with Crippen molar-refractivity contribution in [3.8, 4) is 0 Å². The van der Waals surface area contributed by atoms with Crippen LogP contribution in [-0.2, 0) is 14.3 Å². The number of nitrogens with one attached hydrogen (secondary N) is 2. The highest BCUT2D eigenvalue weighted by Gasteiger charge is 2.26. The van der Waals surface area contributed by atoms with E-state index in [1.807, 2.05) is 0 Å². The maximum atomic E-state index is 11.9. The summed E-state index contributed by atoms with van der Waals surface area (Å²) in [5.41, 5.74) is 0. The fraction of sp³-hybridized carbons (Fsp3) is 0.812. The molecular weight excluding hydrogens is 312 g/mol. The van der Waals surface area contributed by atoms with Gasteiger partial charge in [-0.2, -0.15) is 0 Å². The van der Waals surface area contributed by atoms with Crippen LogP contribution in [-0.4, -0.2) is 79.6 Å². The number of ether oxygens (including phenoxy) is 1. The Bertz CT molecular complexity index is 418. The minimum Gasteiger partial charge on any atom is -0.450 e. The lowest BCUT2D eigenvalue weighted by molar-refractivity contribution is -0.139. The van der Waals surface area contributed by atoms with E-state index in [9.17, 15) is 14.4 Å². The van der Waals surface area contributed by atoms with Crippen LogP contribution in [0.25, 0.3) is 0 Å². The van der Waals surface area contributed by atoms with E-state index in [4.69, 9.17) is 4.74 Å². The van der Waals surface area contributed by atoms with Crippen LogP contribution in [0.3, 0.4) is 0 Å². The van der Waals surface area contributed by atoms with E-state index in [-0.39, 0.29) is 12.1 Å². The topological polar surface area (TPSA) is 91.0 Å². The standard InChI is InChI=1S/C16H30N4O4/c1-4-19(5-2)12-9-17-14(21)15(22)18-13-7-10-20(11-8-13)16(23)24-6-3/h13H,4-12H2,1-3H3,(H,17,21)(H,18,22). The molecule has 24 heavy (non-hydrogen) atoms. The van der Waals surface area contributed by atoms with Gasteiger partial charge in [0.1, 0.15) is 0 Å². The summed E-state index contributed by atoms with van der Waals surface area (Å²) < 4.78 is 4.95. The Hall–Kier alpha value is -1.83. The third kappa shape index (κ3) is 6.74. The van der Waals surface area contributed by atoms with Crippen LogP contribution < -0.4 is 10.6 Å². The average Bonchev–Trinajstić information content (AvgIpc) is 2.59. The molecule has 0 aromatic rings. The lowest BCUT2D eigenvalue weighted by Gasteiger charge is -2.31. The smallest absolute Gasteiger partial charge is 0.409 e. The van der Waals surface area contributed by atoms with Gasteiger partial charge in [-0.05, 0) is 32.9 Å². The Balaban J connectivity index is 2.25. The average molecular weight is 342 g/mol. The number of carbonyl (C=O) groups excluding carboxylic acids is 3. The molecule has 0 aromatic carbocycles. The van der Waals surface area contributed by atoms with E-state index < -0.39 is 11.8 Å². The molecule has 0 radical (unpaired) electrons. The molecule has 8 nitrogen and oxygen atoms in total. The molecule has 0 saturated carbocycles. The van der Waals surface area contributed by atoms with Crippen molar-refractivity contribution in [1.29, 1.82) is 0 Å². The summed E-state index contributed by atoms with van der Waals surface area (Å²) >= 11 is 0. The molecule has 2 N–H and O–H groups in total. The number of piperidine rings is 1. The number of carbonyl (C=O) groups is 3. The second-order valence-corrected chi connectivity index (χ2v) is 5.72. The molecule has 0 bridgehead atoms. The van der Waals surface area contributed by atoms with E-state index in [0.717, 1.165) is 19.6 Å². The Morgan fingerprint density at radius 3 is 2.25 bits per heavy atom. The van der Waals surface area contributed by atoms with Gasteiger partial charge in [-0.3, -0.25) is 9.59 Å². The highest BCUT2D eigenvalue weighted by molar-refractivity contribution is 6.35. The lowest BCUT2D eigenvalue weighted by Crippen LogP contribution is -2.50. The van der Waals surface area contributed by atoms with Crippen LogP contribution in [0.5, 0.6) is 0 Å². The summed E-state index contributed by atoms with van der Waals surface area (Å²) in [5, 5.41) is 5.37. The van der Waals surface area contributed by atoms with Crippen LogP contribution in [0.1, 0.15) is 33.6 Å². The SMILES string of the molecule is CCOC(=O)N1CCC(NC(=O)C(=O)NCCN(CC)CC)CC1. The maximum Gasteiger partial charge on any atom is 0.409 e. The Morgan fingerprint density at radius 2 is 1.71 bits per heavy atom. The zero-order valence-corrected chi connectivity index (χ0v) is 15.0. The highest BCUT2D eigenvalue weighted by atomic mass is 16.6. The van der Waals surface area contributed by atoms with E-state index in [0.29, 0.717) is 39.1 Å². The normalized spacial score (nSPS) is 15.2. The van der Waals surface area contributed by atoms with Gasteiger partial charge in [0.05, 0.1) is 6.61 Å². The van der Waals surface area contributed by atoms with Crippen molar-refractivity contribution >= 4 is 17.9 Å². The molecule has 3 amide bonds. The second-order valence-electron chi connectivity index (χ2n) is 5.72. The van der Waals surface area contributed by atoms with Crippen molar-refractivity contribution in [3.63, 3.8) is 0 Å². The van der Waals surface area contributed by atoms with E-state index in [1.54, 1.807) is 11.8 Å². The number of amides is 3. The minimum absolute atomic E-state index is 0.0864. The number of nitrogens with zero attached hydrogens (tertiary/aromatic N) is 2. The molecule has 1 heterocycles. The Morgan fingerprint density at radius 1 is 1.08 bits per heavy atom. The third-order valence-electron chi connectivity index (χ3n) is 4.17. The number of likely N-dealkylation sites (tertiary alicyclic amines) is 1. The van der Waals surface area contributed by atoms with Gasteiger partial charge >= 0.3 is 17.9 Å². The van der Waals surface area contributed by atoms with Crippen molar-refractivity contribution in [2.24, 2.45) is 0 Å². The summed E-state index contributed by atoms with van der Waals surface area (Å²) in [6.07, 6.45) is 0.922. The van der Waals surface area contributed by atoms with Crippen LogP contribution in [0.2, 0.25) is 0 Å². The molecular formula is C16H30N4O4. The lowest BCUT2D eigenvalue weighted by atomic mass is 10.1. The van der Waals surface area contributed by atoms with Gasteiger partial charge in [0.25, 0.3) is 0 Å². The molecule has 138 valence electrons. The first-order valence-corrected chi connectivity index (χ1v) is 8.74. The molecule has 1 fully saturated rings. The predicted molar refractivity (Wildman–Crippen MR) is 90.6 cm³/mol. The summed E-state index contributed by atoms with van der Waals surface area (Å²) in [6.45, 7) is 10.3. The van der Waals surface area contributed by atoms with Gasteiger partial charge < -0.3 is 25.2 Å². The second kappa shape index (κ2) is 10.9. The molecule has 0 spiro atoms. The minimum atomic E-state index is -0.607. The van der Waals surface area contributed by atoms with Crippen LogP contribution in [0.4, 0.5) is 4.79 Å².